The molecule has 1 amide bonds. The number of fused-ring (bicyclic) bond motifs is 1. The van der Waals surface area contributed by atoms with Crippen molar-refractivity contribution in [3.05, 3.63) is 141 Å². The first-order valence-corrected chi connectivity index (χ1v) is 14.0. The van der Waals surface area contributed by atoms with Gasteiger partial charge in [0.1, 0.15) is 5.75 Å². The minimum Gasteiger partial charge on any atom is -0.497 e. The molecule has 1 aromatic heterocycles. The summed E-state index contributed by atoms with van der Waals surface area (Å²) in [7, 11) is 1.59. The van der Waals surface area contributed by atoms with Gasteiger partial charge in [-0.2, -0.15) is 5.10 Å². The van der Waals surface area contributed by atoms with Crippen LogP contribution in [0.3, 0.4) is 0 Å². The normalized spacial score (nSPS) is 14.9. The Morgan fingerprint density at radius 3 is 2.37 bits per heavy atom. The summed E-state index contributed by atoms with van der Waals surface area (Å²) in [4.78, 5) is 30.6. The molecule has 1 N–H and O–H groups in total. The summed E-state index contributed by atoms with van der Waals surface area (Å²) in [6.45, 7) is 0. The van der Waals surface area contributed by atoms with E-state index in [-0.39, 0.29) is 17.5 Å². The number of H-pyrrole nitrogens is 1. The number of nitrogens with one attached hydrogen (secondary N) is 1. The van der Waals surface area contributed by atoms with E-state index < -0.39 is 0 Å². The first-order valence-electron chi connectivity index (χ1n) is 13.2. The molecule has 5 aromatic rings. The Morgan fingerprint density at radius 2 is 1.66 bits per heavy atom. The summed E-state index contributed by atoms with van der Waals surface area (Å²) in [6.07, 6.45) is 4.34. The Hall–Kier alpha value is -4.75. The van der Waals surface area contributed by atoms with Crippen molar-refractivity contribution in [3.8, 4) is 16.9 Å². The Labute approximate surface area is 245 Å². The monoisotopic (exact) mass is 603 g/mol. The van der Waals surface area contributed by atoms with Gasteiger partial charge in [0, 0.05) is 32.9 Å². The molecule has 4 aromatic carbocycles. The zero-order chi connectivity index (χ0) is 28.3. The lowest BCUT2D eigenvalue weighted by atomic mass is 9.92. The minimum absolute atomic E-state index is 0.248. The van der Waals surface area contributed by atoms with Crippen LogP contribution in [0.5, 0.6) is 5.75 Å². The van der Waals surface area contributed by atoms with E-state index in [4.69, 9.17) is 9.84 Å². The van der Waals surface area contributed by atoms with Crippen molar-refractivity contribution in [3.63, 3.8) is 0 Å². The Balaban J connectivity index is 1.50. The van der Waals surface area contributed by atoms with Gasteiger partial charge in [0.05, 0.1) is 24.4 Å². The van der Waals surface area contributed by atoms with Crippen LogP contribution in [-0.2, 0) is 0 Å². The fraction of sp³-hybridized carbons (Fsp3) is 0.0882. The van der Waals surface area contributed by atoms with Crippen LogP contribution in [0.2, 0.25) is 0 Å². The van der Waals surface area contributed by atoms with Crippen LogP contribution in [0.1, 0.15) is 27.9 Å². The van der Waals surface area contributed by atoms with Gasteiger partial charge in [0.2, 0.25) is 0 Å². The molecule has 0 saturated heterocycles. The predicted molar refractivity (Wildman–Crippen MR) is 167 cm³/mol. The number of aromatic nitrogens is 1. The Kier molecular flexibility index (Phi) is 7.35. The van der Waals surface area contributed by atoms with Crippen molar-refractivity contribution in [2.45, 2.75) is 12.5 Å². The number of amides is 1. The molecule has 0 fully saturated rings. The van der Waals surface area contributed by atoms with Crippen LogP contribution < -0.4 is 10.3 Å². The van der Waals surface area contributed by atoms with Crippen molar-refractivity contribution in [1.29, 1.82) is 0 Å². The number of halogens is 1. The molecular weight excluding hydrogens is 578 g/mol. The number of ether oxygens (including phenoxy) is 1. The third kappa shape index (κ3) is 5.36. The third-order valence-electron chi connectivity index (χ3n) is 7.13. The maximum Gasteiger partial charge on any atom is 0.274 e. The lowest BCUT2D eigenvalue weighted by molar-refractivity contribution is 0.0742. The van der Waals surface area contributed by atoms with Gasteiger partial charge in [0.15, 0.2) is 0 Å². The standard InChI is InChI=1S/C34H26BrN3O3/c1-41-27-17-13-24(14-18-27)34(40)38-26(16-12-22-8-4-2-5-9-22)21-30(37-38)32-31(23-10-6-3-7-11-23)28-20-25(35)15-19-29(28)36-33(32)39/h2-20,26H,21H2,1H3,(H,36,39)/b16-12+. The second-order valence-corrected chi connectivity index (χ2v) is 10.6. The highest BCUT2D eigenvalue weighted by Gasteiger charge is 2.33. The SMILES string of the molecule is COc1ccc(C(=O)N2N=C(c3c(-c4ccccc4)c4cc(Br)ccc4[nH]c3=O)CC2/C=C/c2ccccc2)cc1. The zero-order valence-corrected chi connectivity index (χ0v) is 23.8. The summed E-state index contributed by atoms with van der Waals surface area (Å²) in [5.74, 6) is 0.403. The van der Waals surface area contributed by atoms with E-state index >= 15 is 0 Å². The molecule has 0 aliphatic carbocycles. The van der Waals surface area contributed by atoms with Crippen LogP contribution in [-0.4, -0.2) is 34.8 Å². The lowest BCUT2D eigenvalue weighted by Crippen LogP contribution is -2.31. The van der Waals surface area contributed by atoms with Crippen molar-refractivity contribution in [1.82, 2.24) is 9.99 Å². The average Bonchev–Trinajstić information content (AvgIpc) is 3.44. The molecule has 1 unspecified atom stereocenters. The van der Waals surface area contributed by atoms with Crippen LogP contribution in [0.15, 0.2) is 124 Å². The summed E-state index contributed by atoms with van der Waals surface area (Å²) in [5, 5.41) is 7.20. The van der Waals surface area contributed by atoms with E-state index in [2.05, 4.69) is 20.9 Å². The third-order valence-corrected chi connectivity index (χ3v) is 7.62. The summed E-state index contributed by atoms with van der Waals surface area (Å²) >= 11 is 3.59. The van der Waals surface area contributed by atoms with Crippen molar-refractivity contribution < 1.29 is 9.53 Å². The van der Waals surface area contributed by atoms with Gasteiger partial charge in [-0.05, 0) is 53.6 Å². The van der Waals surface area contributed by atoms with Gasteiger partial charge in [-0.1, -0.05) is 88.7 Å². The van der Waals surface area contributed by atoms with Crippen molar-refractivity contribution in [2.75, 3.05) is 7.11 Å². The fourth-order valence-electron chi connectivity index (χ4n) is 5.12. The number of rotatable bonds is 6. The largest absolute Gasteiger partial charge is 0.497 e. The number of carbonyl (C=O) groups is 1. The number of pyridine rings is 1. The van der Waals surface area contributed by atoms with Gasteiger partial charge in [-0.15, -0.1) is 0 Å². The molecule has 1 aliphatic rings. The van der Waals surface area contributed by atoms with E-state index in [9.17, 15) is 9.59 Å². The molecule has 6 rings (SSSR count). The Bertz CT molecular complexity index is 1850. The van der Waals surface area contributed by atoms with E-state index in [1.165, 1.54) is 5.01 Å². The highest BCUT2D eigenvalue weighted by molar-refractivity contribution is 9.10. The summed E-state index contributed by atoms with van der Waals surface area (Å²) in [5.41, 5.74) is 4.67. The average molecular weight is 605 g/mol. The number of hydrazone groups is 1. The number of aromatic amines is 1. The van der Waals surface area contributed by atoms with Gasteiger partial charge < -0.3 is 9.72 Å². The minimum atomic E-state index is -0.388. The number of nitrogens with zero attached hydrogens (tertiary/aromatic N) is 2. The molecule has 7 heteroatoms. The molecular formula is C34H26BrN3O3. The maximum absolute atomic E-state index is 13.8. The van der Waals surface area contributed by atoms with Gasteiger partial charge >= 0.3 is 0 Å². The molecule has 0 radical (unpaired) electrons. The number of carbonyl (C=O) groups excluding carboxylic acids is 1. The summed E-state index contributed by atoms with van der Waals surface area (Å²) in [6, 6.07) is 32.1. The van der Waals surface area contributed by atoms with Gasteiger partial charge in [0.25, 0.3) is 11.5 Å². The molecule has 1 aliphatic heterocycles. The van der Waals surface area contributed by atoms with Crippen LogP contribution in [0.4, 0.5) is 0 Å². The van der Waals surface area contributed by atoms with E-state index in [1.54, 1.807) is 31.4 Å². The van der Waals surface area contributed by atoms with E-state index in [0.29, 0.717) is 29.0 Å². The van der Waals surface area contributed by atoms with Gasteiger partial charge in [-0.3, -0.25) is 9.59 Å². The summed E-state index contributed by atoms with van der Waals surface area (Å²) < 4.78 is 6.16. The molecule has 6 nitrogen and oxygen atoms in total. The predicted octanol–water partition coefficient (Wildman–Crippen LogP) is 7.30. The first-order chi connectivity index (χ1) is 20.0. The highest BCUT2D eigenvalue weighted by Crippen LogP contribution is 2.34. The Morgan fingerprint density at radius 1 is 0.951 bits per heavy atom. The lowest BCUT2D eigenvalue weighted by Gasteiger charge is -2.19. The maximum atomic E-state index is 13.8. The molecule has 0 saturated carbocycles. The smallest absolute Gasteiger partial charge is 0.274 e. The zero-order valence-electron chi connectivity index (χ0n) is 22.3. The topological polar surface area (TPSA) is 74.8 Å². The number of methoxy groups -OCH3 is 1. The molecule has 2 heterocycles. The van der Waals surface area contributed by atoms with E-state index in [1.807, 2.05) is 91.0 Å². The fourth-order valence-corrected chi connectivity index (χ4v) is 5.49. The highest BCUT2D eigenvalue weighted by atomic mass is 79.9. The molecule has 202 valence electrons. The quantitative estimate of drug-likeness (QED) is 0.221. The second kappa shape index (κ2) is 11.4. The number of hydrogen-bond acceptors (Lipinski definition) is 4. The van der Waals surface area contributed by atoms with E-state index in [0.717, 1.165) is 32.1 Å². The van der Waals surface area contributed by atoms with Crippen LogP contribution in [0, 0.1) is 0 Å². The first kappa shape index (κ1) is 26.5. The number of hydrogen-bond donors (Lipinski definition) is 1. The van der Waals surface area contributed by atoms with Crippen molar-refractivity contribution in [2.24, 2.45) is 5.10 Å². The van der Waals surface area contributed by atoms with Crippen LogP contribution >= 0.6 is 15.9 Å². The molecule has 1 atom stereocenters. The van der Waals surface area contributed by atoms with Crippen LogP contribution in [0.25, 0.3) is 28.1 Å². The second-order valence-electron chi connectivity index (χ2n) is 9.73. The molecule has 0 spiro atoms. The molecule has 0 bridgehead atoms. The molecule has 41 heavy (non-hydrogen) atoms. The van der Waals surface area contributed by atoms with Gasteiger partial charge in [-0.25, -0.2) is 5.01 Å². The van der Waals surface area contributed by atoms with Crippen molar-refractivity contribution >= 4 is 44.5 Å². The number of benzene rings is 4.